The quantitative estimate of drug-likeness (QED) is 0.823. The number of hydrogen-bond acceptors (Lipinski definition) is 4. The monoisotopic (exact) mass is 240 g/mol. The minimum absolute atomic E-state index is 0.0700. The molecule has 0 unspecified atom stereocenters. The molecular weight excluding hydrogens is 224 g/mol. The Morgan fingerprint density at radius 2 is 2.12 bits per heavy atom. The van der Waals surface area contributed by atoms with Crippen molar-refractivity contribution in [2.45, 2.75) is 34.1 Å². The predicted octanol–water partition coefficient (Wildman–Crippen LogP) is 2.72. The van der Waals surface area contributed by atoms with Crippen LogP contribution in [0.2, 0.25) is 0 Å². The fraction of sp³-hybridized carbons (Fsp3) is 0.545. The maximum Gasteiger partial charge on any atom is 0.231 e. The van der Waals surface area contributed by atoms with E-state index in [9.17, 15) is 9.59 Å². The Labute approximate surface area is 99.1 Å². The summed E-state index contributed by atoms with van der Waals surface area (Å²) >= 11 is 1.27. The van der Waals surface area contributed by atoms with Gasteiger partial charge in [0.1, 0.15) is 5.69 Å². The first-order valence-corrected chi connectivity index (χ1v) is 6.02. The van der Waals surface area contributed by atoms with Gasteiger partial charge in [-0.15, -0.1) is 11.3 Å². The fourth-order valence-corrected chi connectivity index (χ4v) is 1.66. The highest BCUT2D eigenvalue weighted by Crippen LogP contribution is 2.23. The van der Waals surface area contributed by atoms with Crippen LogP contribution in [0.3, 0.4) is 0 Å². The van der Waals surface area contributed by atoms with Gasteiger partial charge in [-0.1, -0.05) is 20.8 Å². The highest BCUT2D eigenvalue weighted by Gasteiger charge is 2.26. The summed E-state index contributed by atoms with van der Waals surface area (Å²) in [5.41, 5.74) is -0.0168. The minimum Gasteiger partial charge on any atom is -0.301 e. The lowest BCUT2D eigenvalue weighted by Crippen LogP contribution is -2.29. The van der Waals surface area contributed by atoms with Gasteiger partial charge in [0, 0.05) is 17.7 Å². The van der Waals surface area contributed by atoms with Gasteiger partial charge in [0.25, 0.3) is 0 Å². The molecule has 0 aliphatic carbocycles. The molecule has 0 radical (unpaired) electrons. The number of thiazole rings is 1. The van der Waals surface area contributed by atoms with Crippen LogP contribution in [0.15, 0.2) is 5.38 Å². The van der Waals surface area contributed by atoms with Crippen molar-refractivity contribution in [2.24, 2.45) is 5.41 Å². The van der Waals surface area contributed by atoms with Gasteiger partial charge in [-0.2, -0.15) is 0 Å². The average molecular weight is 240 g/mol. The molecule has 1 amide bonds. The van der Waals surface area contributed by atoms with E-state index in [1.807, 2.05) is 20.8 Å². The van der Waals surface area contributed by atoms with Crippen molar-refractivity contribution < 1.29 is 9.59 Å². The molecule has 0 bridgehead atoms. The van der Waals surface area contributed by atoms with E-state index in [1.165, 1.54) is 18.3 Å². The molecule has 88 valence electrons. The molecule has 0 aliphatic rings. The van der Waals surface area contributed by atoms with E-state index in [4.69, 9.17) is 0 Å². The molecule has 1 aromatic heterocycles. The van der Waals surface area contributed by atoms with E-state index in [0.29, 0.717) is 10.8 Å². The number of Topliss-reactive ketones (excluding diaryl/α,β-unsaturated/α-hetero) is 1. The number of carbonyl (C=O) groups is 2. The lowest BCUT2D eigenvalue weighted by atomic mass is 9.89. The molecule has 4 nitrogen and oxygen atoms in total. The standard InChI is InChI=1S/C11H16N2O2S/c1-5-11(3,4)9(15)13-10-12-8(6-16-10)7(2)14/h6H,5H2,1-4H3,(H,12,13,15). The zero-order valence-electron chi connectivity index (χ0n) is 9.96. The number of ketones is 1. The Bertz CT molecular complexity index is 410. The van der Waals surface area contributed by atoms with Crippen molar-refractivity contribution in [3.05, 3.63) is 11.1 Å². The Balaban J connectivity index is 2.74. The van der Waals surface area contributed by atoms with E-state index in [2.05, 4.69) is 10.3 Å². The maximum absolute atomic E-state index is 11.8. The third-order valence-electron chi connectivity index (χ3n) is 2.58. The molecule has 0 fully saturated rings. The summed E-state index contributed by atoms with van der Waals surface area (Å²) in [7, 11) is 0. The summed E-state index contributed by atoms with van der Waals surface area (Å²) in [6, 6.07) is 0. The van der Waals surface area contributed by atoms with Gasteiger partial charge in [0.2, 0.25) is 5.91 Å². The van der Waals surface area contributed by atoms with E-state index in [1.54, 1.807) is 5.38 Å². The molecule has 1 rings (SSSR count). The molecule has 0 aromatic carbocycles. The third kappa shape index (κ3) is 2.88. The zero-order chi connectivity index (χ0) is 12.3. The molecular formula is C11H16N2O2S. The van der Waals surface area contributed by atoms with Crippen LogP contribution in [0, 0.1) is 5.41 Å². The van der Waals surface area contributed by atoms with Gasteiger partial charge in [0.05, 0.1) is 0 Å². The summed E-state index contributed by atoms with van der Waals surface area (Å²) in [6.45, 7) is 7.17. The normalized spacial score (nSPS) is 11.2. The molecule has 16 heavy (non-hydrogen) atoms. The molecule has 1 heterocycles. The van der Waals surface area contributed by atoms with Gasteiger partial charge in [-0.3, -0.25) is 9.59 Å². The molecule has 0 aliphatic heterocycles. The highest BCUT2D eigenvalue weighted by molar-refractivity contribution is 7.14. The first-order chi connectivity index (χ1) is 7.36. The van der Waals surface area contributed by atoms with Crippen molar-refractivity contribution in [1.82, 2.24) is 4.98 Å². The van der Waals surface area contributed by atoms with E-state index < -0.39 is 5.41 Å². The minimum atomic E-state index is -0.415. The Hall–Kier alpha value is -1.23. The van der Waals surface area contributed by atoms with Crippen LogP contribution >= 0.6 is 11.3 Å². The smallest absolute Gasteiger partial charge is 0.231 e. The summed E-state index contributed by atoms with van der Waals surface area (Å²) < 4.78 is 0. The number of nitrogens with zero attached hydrogens (tertiary/aromatic N) is 1. The topological polar surface area (TPSA) is 59.1 Å². The van der Waals surface area contributed by atoms with Crippen molar-refractivity contribution in [3.63, 3.8) is 0 Å². The van der Waals surface area contributed by atoms with Crippen molar-refractivity contribution in [3.8, 4) is 0 Å². The van der Waals surface area contributed by atoms with E-state index in [-0.39, 0.29) is 11.7 Å². The number of nitrogens with one attached hydrogen (secondary N) is 1. The van der Waals surface area contributed by atoms with Gasteiger partial charge in [-0.05, 0) is 6.42 Å². The number of rotatable bonds is 4. The second-order valence-electron chi connectivity index (χ2n) is 4.29. The summed E-state index contributed by atoms with van der Waals surface area (Å²) in [5.74, 6) is -0.161. The first-order valence-electron chi connectivity index (χ1n) is 5.14. The fourth-order valence-electron chi connectivity index (χ4n) is 0.920. The van der Waals surface area contributed by atoms with Crippen LogP contribution < -0.4 is 5.32 Å². The Kier molecular flexibility index (Phi) is 3.80. The third-order valence-corrected chi connectivity index (χ3v) is 3.34. The molecule has 0 atom stereocenters. The molecule has 1 aromatic rings. The predicted molar refractivity (Wildman–Crippen MR) is 64.8 cm³/mol. The number of aromatic nitrogens is 1. The number of amides is 1. The van der Waals surface area contributed by atoms with Crippen LogP contribution in [0.4, 0.5) is 5.13 Å². The van der Waals surface area contributed by atoms with Gasteiger partial charge in [-0.25, -0.2) is 4.98 Å². The van der Waals surface area contributed by atoms with Gasteiger partial charge < -0.3 is 5.32 Å². The second-order valence-corrected chi connectivity index (χ2v) is 5.14. The van der Waals surface area contributed by atoms with Crippen LogP contribution in [-0.2, 0) is 4.79 Å². The number of hydrogen-bond donors (Lipinski definition) is 1. The Morgan fingerprint density at radius 1 is 1.50 bits per heavy atom. The molecule has 1 N–H and O–H groups in total. The van der Waals surface area contributed by atoms with Crippen molar-refractivity contribution >= 4 is 28.2 Å². The van der Waals surface area contributed by atoms with Gasteiger partial charge in [0.15, 0.2) is 10.9 Å². The molecule has 0 spiro atoms. The summed E-state index contributed by atoms with van der Waals surface area (Å²) in [4.78, 5) is 26.9. The zero-order valence-corrected chi connectivity index (χ0v) is 10.8. The largest absolute Gasteiger partial charge is 0.301 e. The molecule has 0 saturated heterocycles. The van der Waals surface area contributed by atoms with Crippen LogP contribution in [-0.4, -0.2) is 16.7 Å². The van der Waals surface area contributed by atoms with Crippen molar-refractivity contribution in [1.29, 1.82) is 0 Å². The maximum atomic E-state index is 11.8. The molecule has 5 heteroatoms. The number of anilines is 1. The van der Waals surface area contributed by atoms with Crippen molar-refractivity contribution in [2.75, 3.05) is 5.32 Å². The summed E-state index contributed by atoms with van der Waals surface area (Å²) in [5, 5.41) is 4.86. The lowest BCUT2D eigenvalue weighted by molar-refractivity contribution is -0.124. The van der Waals surface area contributed by atoms with Crippen LogP contribution in [0.5, 0.6) is 0 Å². The van der Waals surface area contributed by atoms with Gasteiger partial charge >= 0.3 is 0 Å². The number of carbonyl (C=O) groups excluding carboxylic acids is 2. The average Bonchev–Trinajstić information content (AvgIpc) is 2.66. The second kappa shape index (κ2) is 4.74. The molecule has 0 saturated carbocycles. The summed E-state index contributed by atoms with van der Waals surface area (Å²) in [6.07, 6.45) is 0.754. The van der Waals surface area contributed by atoms with Crippen LogP contribution in [0.25, 0.3) is 0 Å². The first kappa shape index (κ1) is 12.8. The SMILES string of the molecule is CCC(C)(C)C(=O)Nc1nc(C(C)=O)cs1. The lowest BCUT2D eigenvalue weighted by Gasteiger charge is -2.20. The van der Waals surface area contributed by atoms with E-state index in [0.717, 1.165) is 6.42 Å². The highest BCUT2D eigenvalue weighted by atomic mass is 32.1. The van der Waals surface area contributed by atoms with Crippen LogP contribution in [0.1, 0.15) is 44.6 Å². The van der Waals surface area contributed by atoms with E-state index >= 15 is 0 Å². The Morgan fingerprint density at radius 3 is 2.56 bits per heavy atom.